The highest BCUT2D eigenvalue weighted by Gasteiger charge is 2.20. The van der Waals surface area contributed by atoms with Crippen molar-refractivity contribution in [1.82, 2.24) is 14.7 Å². The molecule has 1 aromatic rings. The summed E-state index contributed by atoms with van der Waals surface area (Å²) in [5.74, 6) is 0. The van der Waals surface area contributed by atoms with E-state index in [0.29, 0.717) is 12.6 Å². The minimum atomic E-state index is 0.173. The average molecular weight is 288 g/mol. The molecule has 1 rings (SSSR count). The number of rotatable bonds is 8. The number of aliphatic hydroxyl groups is 1. The first kappa shape index (κ1) is 16.5. The Hall–Kier alpha value is -0.580. The van der Waals surface area contributed by atoms with Crippen LogP contribution < -0.4 is 0 Å². The number of aliphatic hydroxyl groups excluding tert-OH is 1. The van der Waals surface area contributed by atoms with Crippen molar-refractivity contribution in [1.29, 1.82) is 0 Å². The molecule has 110 valence electrons. The molecule has 0 unspecified atom stereocenters. The lowest BCUT2D eigenvalue weighted by atomic mass is 10.1. The number of hydrogen-bond donors (Lipinski definition) is 1. The Morgan fingerprint density at radius 2 is 1.95 bits per heavy atom. The van der Waals surface area contributed by atoms with Gasteiger partial charge in [-0.15, -0.1) is 0 Å². The summed E-state index contributed by atoms with van der Waals surface area (Å²) in [6.07, 6.45) is 3.00. The third-order valence-electron chi connectivity index (χ3n) is 3.70. The van der Waals surface area contributed by atoms with Crippen molar-refractivity contribution in [3.05, 3.63) is 16.4 Å². The number of aromatic nitrogens is 2. The van der Waals surface area contributed by atoms with Crippen LogP contribution in [0.5, 0.6) is 0 Å². The van der Waals surface area contributed by atoms with E-state index in [1.807, 2.05) is 11.7 Å². The van der Waals surface area contributed by atoms with Crippen LogP contribution in [0.1, 0.15) is 45.0 Å². The van der Waals surface area contributed by atoms with E-state index < -0.39 is 0 Å². The molecular formula is C14H26ClN3O. The smallest absolute Gasteiger partial charge is 0.0863 e. The van der Waals surface area contributed by atoms with Crippen molar-refractivity contribution >= 4 is 11.6 Å². The van der Waals surface area contributed by atoms with Crippen LogP contribution in [0.15, 0.2) is 0 Å². The van der Waals surface area contributed by atoms with Crippen molar-refractivity contribution in [2.75, 3.05) is 13.2 Å². The second-order valence-corrected chi connectivity index (χ2v) is 5.23. The van der Waals surface area contributed by atoms with E-state index in [-0.39, 0.29) is 6.61 Å². The van der Waals surface area contributed by atoms with Crippen LogP contribution in [0, 0.1) is 0 Å². The van der Waals surface area contributed by atoms with E-state index in [1.165, 1.54) is 0 Å². The number of hydrogen-bond acceptors (Lipinski definition) is 3. The van der Waals surface area contributed by atoms with Crippen molar-refractivity contribution in [2.24, 2.45) is 7.05 Å². The molecule has 1 heterocycles. The normalized spacial score (nSPS) is 11.8. The third-order valence-corrected chi connectivity index (χ3v) is 4.14. The van der Waals surface area contributed by atoms with E-state index in [0.717, 1.165) is 42.2 Å². The Morgan fingerprint density at radius 1 is 1.32 bits per heavy atom. The van der Waals surface area contributed by atoms with Crippen LogP contribution >= 0.6 is 11.6 Å². The lowest BCUT2D eigenvalue weighted by Crippen LogP contribution is -2.36. The first-order chi connectivity index (χ1) is 9.08. The van der Waals surface area contributed by atoms with E-state index in [2.05, 4.69) is 30.8 Å². The zero-order valence-electron chi connectivity index (χ0n) is 12.5. The van der Waals surface area contributed by atoms with Gasteiger partial charge in [0.2, 0.25) is 0 Å². The molecule has 0 saturated heterocycles. The maximum absolute atomic E-state index is 9.25. The molecule has 0 fully saturated rings. The highest BCUT2D eigenvalue weighted by molar-refractivity contribution is 6.31. The standard InChI is InChI=1S/C14H26ClN3O/c1-5-11(6-2)18(8-9-19)10-13-14(15)12(7-3)16-17(13)4/h11,19H,5-10H2,1-4H3. The van der Waals surface area contributed by atoms with Gasteiger partial charge in [0.1, 0.15) is 0 Å². The third kappa shape index (κ3) is 3.94. The second kappa shape index (κ2) is 7.88. The highest BCUT2D eigenvalue weighted by atomic mass is 35.5. The second-order valence-electron chi connectivity index (χ2n) is 4.85. The SMILES string of the molecule is CCc1nn(C)c(CN(CCO)C(CC)CC)c1Cl. The summed E-state index contributed by atoms with van der Waals surface area (Å²) in [5.41, 5.74) is 1.99. The maximum atomic E-state index is 9.25. The van der Waals surface area contributed by atoms with Gasteiger partial charge in [0.05, 0.1) is 23.0 Å². The molecule has 1 aromatic heterocycles. The van der Waals surface area contributed by atoms with Crippen LogP contribution in [0.25, 0.3) is 0 Å². The van der Waals surface area contributed by atoms with Crippen molar-refractivity contribution in [3.8, 4) is 0 Å². The Kier molecular flexibility index (Phi) is 6.83. The molecule has 0 radical (unpaired) electrons. The summed E-state index contributed by atoms with van der Waals surface area (Å²) in [5, 5.41) is 14.5. The summed E-state index contributed by atoms with van der Waals surface area (Å²) in [7, 11) is 1.93. The summed E-state index contributed by atoms with van der Waals surface area (Å²) in [4.78, 5) is 2.29. The maximum Gasteiger partial charge on any atom is 0.0863 e. The minimum absolute atomic E-state index is 0.173. The molecule has 0 amide bonds. The van der Waals surface area contributed by atoms with E-state index in [9.17, 15) is 5.11 Å². The summed E-state index contributed by atoms with van der Waals surface area (Å²) < 4.78 is 1.87. The summed E-state index contributed by atoms with van der Waals surface area (Å²) in [6, 6.07) is 0.475. The Labute approximate surface area is 121 Å². The Bertz CT molecular complexity index is 388. The molecular weight excluding hydrogens is 262 g/mol. The van der Waals surface area contributed by atoms with Crippen molar-refractivity contribution < 1.29 is 5.11 Å². The van der Waals surface area contributed by atoms with E-state index in [1.54, 1.807) is 0 Å². The molecule has 0 bridgehead atoms. The van der Waals surface area contributed by atoms with Gasteiger partial charge in [0, 0.05) is 26.2 Å². The fourth-order valence-corrected chi connectivity index (χ4v) is 2.86. The van der Waals surface area contributed by atoms with Crippen molar-refractivity contribution in [3.63, 3.8) is 0 Å². The van der Waals surface area contributed by atoms with E-state index >= 15 is 0 Å². The molecule has 0 spiro atoms. The molecule has 0 aliphatic carbocycles. The quantitative estimate of drug-likeness (QED) is 0.799. The van der Waals surface area contributed by atoms with E-state index in [4.69, 9.17) is 11.6 Å². The van der Waals surface area contributed by atoms with Gasteiger partial charge < -0.3 is 5.11 Å². The fraction of sp³-hybridized carbons (Fsp3) is 0.786. The predicted octanol–water partition coefficient (Wildman–Crippen LogP) is 2.62. The van der Waals surface area contributed by atoms with Gasteiger partial charge in [-0.2, -0.15) is 5.10 Å². The first-order valence-corrected chi connectivity index (χ1v) is 7.51. The minimum Gasteiger partial charge on any atom is -0.395 e. The zero-order valence-corrected chi connectivity index (χ0v) is 13.2. The number of aryl methyl sites for hydroxylation is 2. The molecule has 0 aromatic carbocycles. The van der Waals surface area contributed by atoms with Crippen molar-refractivity contribution in [2.45, 2.75) is 52.6 Å². The topological polar surface area (TPSA) is 41.3 Å². The van der Waals surface area contributed by atoms with Gasteiger partial charge in [-0.25, -0.2) is 0 Å². The van der Waals surface area contributed by atoms with Gasteiger partial charge in [0.15, 0.2) is 0 Å². The molecule has 0 saturated carbocycles. The monoisotopic (exact) mass is 287 g/mol. The molecule has 19 heavy (non-hydrogen) atoms. The number of nitrogens with zero attached hydrogens (tertiary/aromatic N) is 3. The van der Waals surface area contributed by atoms with Gasteiger partial charge in [0.25, 0.3) is 0 Å². The fourth-order valence-electron chi connectivity index (χ4n) is 2.51. The molecule has 0 atom stereocenters. The first-order valence-electron chi connectivity index (χ1n) is 7.14. The molecule has 0 aliphatic heterocycles. The lowest BCUT2D eigenvalue weighted by molar-refractivity contribution is 0.134. The highest BCUT2D eigenvalue weighted by Crippen LogP contribution is 2.23. The summed E-state index contributed by atoms with van der Waals surface area (Å²) >= 11 is 6.39. The van der Waals surface area contributed by atoms with Crippen LogP contribution in [0.2, 0.25) is 5.02 Å². The largest absolute Gasteiger partial charge is 0.395 e. The van der Waals surface area contributed by atoms with Crippen LogP contribution in [0.4, 0.5) is 0 Å². The van der Waals surface area contributed by atoms with Gasteiger partial charge in [-0.3, -0.25) is 9.58 Å². The zero-order chi connectivity index (χ0) is 14.4. The lowest BCUT2D eigenvalue weighted by Gasteiger charge is -2.29. The van der Waals surface area contributed by atoms with Crippen LogP contribution in [-0.2, 0) is 20.0 Å². The van der Waals surface area contributed by atoms with Gasteiger partial charge >= 0.3 is 0 Å². The molecule has 1 N–H and O–H groups in total. The molecule has 0 aliphatic rings. The molecule has 4 nitrogen and oxygen atoms in total. The summed E-state index contributed by atoms with van der Waals surface area (Å²) in [6.45, 7) is 8.02. The Morgan fingerprint density at radius 3 is 2.37 bits per heavy atom. The predicted molar refractivity (Wildman–Crippen MR) is 79.5 cm³/mol. The number of halogens is 1. The van der Waals surface area contributed by atoms with Crippen LogP contribution in [0.3, 0.4) is 0 Å². The molecule has 5 heteroatoms. The average Bonchev–Trinajstić information content (AvgIpc) is 2.67. The van der Waals surface area contributed by atoms with Crippen LogP contribution in [-0.4, -0.2) is 39.0 Å². The van der Waals surface area contributed by atoms with Gasteiger partial charge in [-0.1, -0.05) is 32.4 Å². The van der Waals surface area contributed by atoms with Gasteiger partial charge in [-0.05, 0) is 19.3 Å². The Balaban J connectivity index is 2.92.